The van der Waals surface area contributed by atoms with Gasteiger partial charge in [0.2, 0.25) is 0 Å². The summed E-state index contributed by atoms with van der Waals surface area (Å²) in [4.78, 5) is 4.89. The number of rotatable bonds is 4. The lowest BCUT2D eigenvalue weighted by molar-refractivity contribution is -0.0182. The maximum Gasteiger partial charge on any atom is 0.0518 e. The van der Waals surface area contributed by atoms with Gasteiger partial charge in [-0.1, -0.05) is 36.4 Å². The van der Waals surface area contributed by atoms with E-state index >= 15 is 0 Å². The minimum absolute atomic E-state index is 0.445. The molecule has 120 valence electrons. The van der Waals surface area contributed by atoms with Crippen molar-refractivity contribution in [1.29, 1.82) is 0 Å². The van der Waals surface area contributed by atoms with E-state index in [9.17, 15) is 0 Å². The third-order valence-corrected chi connectivity index (χ3v) is 6.60. The maximum atomic E-state index is 4.89. The lowest BCUT2D eigenvalue weighted by atomic mass is 9.53. The summed E-state index contributed by atoms with van der Waals surface area (Å²) >= 11 is 0. The number of allylic oxidation sites excluding steroid dienone is 1. The molecule has 23 heavy (non-hydrogen) atoms. The Bertz CT molecular complexity index is 620. The topological polar surface area (TPSA) is 24.4 Å². The van der Waals surface area contributed by atoms with Crippen molar-refractivity contribution in [3.8, 4) is 0 Å². The Labute approximate surface area is 139 Å². The Hall–Kier alpha value is -1.41. The molecule has 2 heteroatoms. The molecule has 0 unspecified atom stereocenters. The minimum Gasteiger partial charge on any atom is -0.306 e. The summed E-state index contributed by atoms with van der Waals surface area (Å²) in [6.45, 7) is 0.961. The standard InChI is InChI=1S/C21H26N2/c1-2-4-18(5-3-1)20-7-6-19(23-20)14-22-21-11-15-8-16(12-21)10-17(9-15)13-21/h1-6,15-17,22H,7-14H2. The Morgan fingerprint density at radius 1 is 0.957 bits per heavy atom. The third kappa shape index (κ3) is 2.57. The van der Waals surface area contributed by atoms with Crippen LogP contribution in [0.25, 0.3) is 0 Å². The number of benzene rings is 1. The minimum atomic E-state index is 0.445. The highest BCUT2D eigenvalue weighted by Gasteiger charge is 2.50. The van der Waals surface area contributed by atoms with Crippen LogP contribution in [-0.2, 0) is 0 Å². The van der Waals surface area contributed by atoms with Crippen LogP contribution in [0.15, 0.2) is 47.1 Å². The average molecular weight is 306 g/mol. The number of hydrogen-bond donors (Lipinski definition) is 1. The quantitative estimate of drug-likeness (QED) is 0.880. The van der Waals surface area contributed by atoms with Gasteiger partial charge in [-0.15, -0.1) is 0 Å². The Morgan fingerprint density at radius 3 is 2.26 bits per heavy atom. The van der Waals surface area contributed by atoms with Crippen LogP contribution < -0.4 is 5.32 Å². The molecule has 4 aliphatic carbocycles. The molecule has 1 heterocycles. The summed E-state index contributed by atoms with van der Waals surface area (Å²) in [5, 5.41) is 3.97. The summed E-state index contributed by atoms with van der Waals surface area (Å²) in [6, 6.07) is 10.6. The second kappa shape index (κ2) is 5.31. The summed E-state index contributed by atoms with van der Waals surface area (Å²) in [6.07, 6.45) is 12.1. The molecule has 4 bridgehead atoms. The molecular weight excluding hydrogens is 280 g/mol. The Balaban J connectivity index is 1.26. The van der Waals surface area contributed by atoms with E-state index in [2.05, 4.69) is 41.7 Å². The number of nitrogens with one attached hydrogen (secondary N) is 1. The number of hydrogen-bond acceptors (Lipinski definition) is 2. The van der Waals surface area contributed by atoms with Gasteiger partial charge in [0.25, 0.3) is 0 Å². The average Bonchev–Trinajstić information content (AvgIpc) is 3.02. The van der Waals surface area contributed by atoms with Crippen molar-refractivity contribution in [2.45, 2.75) is 50.5 Å². The highest BCUT2D eigenvalue weighted by atomic mass is 15.0. The molecule has 0 amide bonds. The van der Waals surface area contributed by atoms with Crippen molar-refractivity contribution in [3.05, 3.63) is 47.7 Å². The van der Waals surface area contributed by atoms with E-state index in [0.29, 0.717) is 5.54 Å². The van der Waals surface area contributed by atoms with Crippen LogP contribution in [0.1, 0.15) is 50.5 Å². The van der Waals surface area contributed by atoms with Gasteiger partial charge in [0.1, 0.15) is 0 Å². The van der Waals surface area contributed by atoms with Gasteiger partial charge >= 0.3 is 0 Å². The molecule has 2 nitrogen and oxygen atoms in total. The highest BCUT2D eigenvalue weighted by Crippen LogP contribution is 2.55. The molecule has 4 fully saturated rings. The summed E-state index contributed by atoms with van der Waals surface area (Å²) in [5.74, 6) is 3.03. The van der Waals surface area contributed by atoms with Gasteiger partial charge in [-0.05, 0) is 61.8 Å². The van der Waals surface area contributed by atoms with E-state index in [0.717, 1.165) is 30.7 Å². The van der Waals surface area contributed by atoms with Crippen molar-refractivity contribution < 1.29 is 0 Å². The molecule has 6 rings (SSSR count). The smallest absolute Gasteiger partial charge is 0.0518 e. The molecule has 0 atom stereocenters. The van der Waals surface area contributed by atoms with Crippen molar-refractivity contribution >= 4 is 5.71 Å². The molecule has 0 radical (unpaired) electrons. The monoisotopic (exact) mass is 306 g/mol. The van der Waals surface area contributed by atoms with Gasteiger partial charge < -0.3 is 5.32 Å². The third-order valence-electron chi connectivity index (χ3n) is 6.60. The molecule has 1 aromatic carbocycles. The molecule has 5 aliphatic rings. The first-order valence-electron chi connectivity index (χ1n) is 9.35. The fourth-order valence-corrected chi connectivity index (χ4v) is 6.01. The van der Waals surface area contributed by atoms with Crippen LogP contribution in [-0.4, -0.2) is 17.8 Å². The van der Waals surface area contributed by atoms with Gasteiger partial charge in [0, 0.05) is 18.5 Å². The van der Waals surface area contributed by atoms with E-state index in [4.69, 9.17) is 4.99 Å². The fraction of sp³-hybridized carbons (Fsp3) is 0.571. The normalized spacial score (nSPS) is 37.8. The summed E-state index contributed by atoms with van der Waals surface area (Å²) in [7, 11) is 0. The summed E-state index contributed by atoms with van der Waals surface area (Å²) < 4.78 is 0. The van der Waals surface area contributed by atoms with Crippen LogP contribution in [0.2, 0.25) is 0 Å². The lowest BCUT2D eigenvalue weighted by Gasteiger charge is -2.57. The SMILES string of the molecule is C1=C(CNC23CC4CC(CC(C4)C2)C3)N=C(c2ccccc2)C1. The van der Waals surface area contributed by atoms with Crippen molar-refractivity contribution in [3.63, 3.8) is 0 Å². The first-order chi connectivity index (χ1) is 11.3. The lowest BCUT2D eigenvalue weighted by Crippen LogP contribution is -2.58. The number of nitrogens with zero attached hydrogens (tertiary/aromatic N) is 1. The van der Waals surface area contributed by atoms with Crippen LogP contribution >= 0.6 is 0 Å². The molecule has 0 spiro atoms. The second-order valence-corrected chi connectivity index (χ2v) is 8.38. The van der Waals surface area contributed by atoms with Crippen LogP contribution in [0.4, 0.5) is 0 Å². The Morgan fingerprint density at radius 2 is 1.61 bits per heavy atom. The van der Waals surface area contributed by atoms with E-state index in [-0.39, 0.29) is 0 Å². The van der Waals surface area contributed by atoms with E-state index in [1.807, 2.05) is 0 Å². The van der Waals surface area contributed by atoms with E-state index in [1.165, 1.54) is 55.5 Å². The van der Waals surface area contributed by atoms with Gasteiger partial charge in [-0.2, -0.15) is 0 Å². The zero-order chi connectivity index (χ0) is 15.3. The zero-order valence-electron chi connectivity index (χ0n) is 13.8. The van der Waals surface area contributed by atoms with Crippen molar-refractivity contribution in [2.75, 3.05) is 6.54 Å². The van der Waals surface area contributed by atoms with Crippen LogP contribution in [0.5, 0.6) is 0 Å². The first-order valence-corrected chi connectivity index (χ1v) is 9.35. The first kappa shape index (κ1) is 14.0. The van der Waals surface area contributed by atoms with Crippen molar-refractivity contribution in [2.24, 2.45) is 22.7 Å². The molecule has 0 saturated heterocycles. The van der Waals surface area contributed by atoms with E-state index < -0.39 is 0 Å². The Kier molecular flexibility index (Phi) is 3.22. The van der Waals surface area contributed by atoms with E-state index in [1.54, 1.807) is 0 Å². The highest BCUT2D eigenvalue weighted by molar-refractivity contribution is 6.03. The fourth-order valence-electron chi connectivity index (χ4n) is 6.01. The molecule has 1 N–H and O–H groups in total. The van der Waals surface area contributed by atoms with Gasteiger partial charge in [0.05, 0.1) is 11.4 Å². The summed E-state index contributed by atoms with van der Waals surface area (Å²) in [5.41, 5.74) is 4.20. The van der Waals surface area contributed by atoms with Gasteiger partial charge in [-0.25, -0.2) is 0 Å². The van der Waals surface area contributed by atoms with Crippen LogP contribution in [0.3, 0.4) is 0 Å². The molecular formula is C21H26N2. The largest absolute Gasteiger partial charge is 0.306 e. The predicted molar refractivity (Wildman–Crippen MR) is 94.6 cm³/mol. The zero-order valence-corrected chi connectivity index (χ0v) is 13.8. The second-order valence-electron chi connectivity index (χ2n) is 8.38. The van der Waals surface area contributed by atoms with Crippen LogP contribution in [0, 0.1) is 17.8 Å². The van der Waals surface area contributed by atoms with Gasteiger partial charge in [0.15, 0.2) is 0 Å². The molecule has 1 aliphatic heterocycles. The molecule has 4 saturated carbocycles. The maximum absolute atomic E-state index is 4.89. The van der Waals surface area contributed by atoms with Crippen molar-refractivity contribution in [1.82, 2.24) is 5.32 Å². The van der Waals surface area contributed by atoms with Gasteiger partial charge in [-0.3, -0.25) is 4.99 Å². The molecule has 1 aromatic rings. The predicted octanol–water partition coefficient (Wildman–Crippen LogP) is 4.32. The number of aliphatic imine (C=N–C) groups is 1. The molecule has 0 aromatic heterocycles.